The number of carbonyl (C=O) groups excluding carboxylic acids is 1. The normalized spacial score (nSPS) is 21.4. The Kier molecular flexibility index (Phi) is 10.8. The molecule has 4 aromatic carbocycles. The third kappa shape index (κ3) is 8.53. The first-order valence-electron chi connectivity index (χ1n) is 16.2. The molecule has 6 nitrogen and oxygen atoms in total. The lowest BCUT2D eigenvalue weighted by Crippen LogP contribution is -2.44. The Balaban J connectivity index is 1.04. The number of amides is 1. The van der Waals surface area contributed by atoms with E-state index in [0.29, 0.717) is 32.3 Å². The number of ether oxygens (including phenoxy) is 4. The summed E-state index contributed by atoms with van der Waals surface area (Å²) in [7, 11) is 0. The van der Waals surface area contributed by atoms with Gasteiger partial charge in [0.25, 0.3) is 0 Å². The van der Waals surface area contributed by atoms with E-state index in [-0.39, 0.29) is 30.9 Å². The van der Waals surface area contributed by atoms with Crippen LogP contribution < -0.4 is 4.74 Å². The summed E-state index contributed by atoms with van der Waals surface area (Å²) in [6.45, 7) is 2.35. The van der Waals surface area contributed by atoms with Crippen LogP contribution in [0.15, 0.2) is 115 Å². The molecule has 0 aromatic heterocycles. The van der Waals surface area contributed by atoms with Gasteiger partial charge in [0.15, 0.2) is 0 Å². The van der Waals surface area contributed by atoms with E-state index >= 15 is 0 Å². The summed E-state index contributed by atoms with van der Waals surface area (Å²) >= 11 is 0. The summed E-state index contributed by atoms with van der Waals surface area (Å²) < 4.78 is 24.9. The summed E-state index contributed by atoms with van der Waals surface area (Å²) in [4.78, 5) is 15.1. The topological polar surface area (TPSA) is 57.2 Å². The maximum atomic E-state index is 13.3. The van der Waals surface area contributed by atoms with Gasteiger partial charge in [-0.25, -0.2) is 4.79 Å². The lowest BCUT2D eigenvalue weighted by Gasteiger charge is -2.33. The van der Waals surface area contributed by atoms with E-state index in [2.05, 4.69) is 42.5 Å². The third-order valence-corrected chi connectivity index (χ3v) is 9.00. The average molecular weight is 606 g/mol. The summed E-state index contributed by atoms with van der Waals surface area (Å²) in [5.74, 6) is 1.41. The molecular weight excluding hydrogens is 562 g/mol. The molecule has 6 rings (SSSR count). The predicted molar refractivity (Wildman–Crippen MR) is 175 cm³/mol. The molecule has 1 amide bonds. The van der Waals surface area contributed by atoms with Crippen LogP contribution in [0.5, 0.6) is 5.75 Å². The van der Waals surface area contributed by atoms with Crippen LogP contribution in [0.2, 0.25) is 0 Å². The molecule has 1 heterocycles. The number of hydrogen-bond donors (Lipinski definition) is 0. The van der Waals surface area contributed by atoms with Crippen molar-refractivity contribution in [2.24, 2.45) is 0 Å². The molecule has 45 heavy (non-hydrogen) atoms. The molecule has 0 radical (unpaired) electrons. The number of benzene rings is 4. The summed E-state index contributed by atoms with van der Waals surface area (Å²) in [6, 6.07) is 38.5. The van der Waals surface area contributed by atoms with Crippen molar-refractivity contribution in [3.05, 3.63) is 138 Å². The molecule has 1 aliphatic carbocycles. The van der Waals surface area contributed by atoms with Crippen molar-refractivity contribution < 1.29 is 23.7 Å². The lowest BCUT2D eigenvalue weighted by molar-refractivity contribution is -0.0468. The van der Waals surface area contributed by atoms with Crippen molar-refractivity contribution in [1.29, 1.82) is 0 Å². The second-order valence-electron chi connectivity index (χ2n) is 12.0. The molecule has 1 saturated heterocycles. The van der Waals surface area contributed by atoms with E-state index in [4.69, 9.17) is 18.9 Å². The average Bonchev–Trinajstić information content (AvgIpc) is 3.52. The maximum absolute atomic E-state index is 13.3. The Hall–Kier alpha value is -4.13. The first-order valence-corrected chi connectivity index (χ1v) is 16.2. The largest absolute Gasteiger partial charge is 0.489 e. The first kappa shape index (κ1) is 30.9. The van der Waals surface area contributed by atoms with Gasteiger partial charge < -0.3 is 23.8 Å². The highest BCUT2D eigenvalue weighted by molar-refractivity contribution is 5.68. The zero-order chi connectivity index (χ0) is 30.7. The molecule has 0 unspecified atom stereocenters. The van der Waals surface area contributed by atoms with Gasteiger partial charge in [-0.15, -0.1) is 0 Å². The minimum atomic E-state index is -0.311. The molecule has 2 aliphatic rings. The highest BCUT2D eigenvalue weighted by Crippen LogP contribution is 2.39. The van der Waals surface area contributed by atoms with Crippen LogP contribution in [-0.4, -0.2) is 42.4 Å². The van der Waals surface area contributed by atoms with Crippen molar-refractivity contribution in [1.82, 2.24) is 4.90 Å². The van der Waals surface area contributed by atoms with E-state index < -0.39 is 0 Å². The molecule has 2 atom stereocenters. The molecule has 2 fully saturated rings. The quantitative estimate of drug-likeness (QED) is 0.163. The van der Waals surface area contributed by atoms with E-state index in [1.54, 1.807) is 0 Å². The molecule has 6 heteroatoms. The van der Waals surface area contributed by atoms with Gasteiger partial charge in [-0.2, -0.15) is 0 Å². The molecule has 0 N–H and O–H groups in total. The van der Waals surface area contributed by atoms with Crippen LogP contribution in [-0.2, 0) is 34.0 Å². The molecule has 0 spiro atoms. The lowest BCUT2D eigenvalue weighted by atomic mass is 9.82. The highest BCUT2D eigenvalue weighted by Gasteiger charge is 2.39. The highest BCUT2D eigenvalue weighted by atomic mass is 16.6. The van der Waals surface area contributed by atoms with Crippen LogP contribution in [0.1, 0.15) is 60.3 Å². The van der Waals surface area contributed by atoms with Crippen LogP contribution in [0, 0.1) is 0 Å². The van der Waals surface area contributed by atoms with Gasteiger partial charge in [0.2, 0.25) is 0 Å². The van der Waals surface area contributed by atoms with Crippen molar-refractivity contribution in [3.8, 4) is 5.75 Å². The standard InChI is InChI=1S/C39H43NO5/c41-39(45-28-32-16-8-3-9-17-32)40-25-24-38(44-27-31-14-6-2-7-15-31)36(40)29-42-34-22-20-33(21-23-34)35-18-10-11-19-37(35)43-26-30-12-4-1-5-13-30/h1-19,33-34,36,38H,20-29H2/t33?,34?,36-,38+/m0/s1. The fourth-order valence-electron chi connectivity index (χ4n) is 6.48. The Bertz CT molecular complexity index is 1460. The second-order valence-corrected chi connectivity index (χ2v) is 12.0. The zero-order valence-electron chi connectivity index (χ0n) is 25.8. The number of nitrogens with zero attached hydrogens (tertiary/aromatic N) is 1. The number of rotatable bonds is 12. The van der Waals surface area contributed by atoms with Crippen LogP contribution >= 0.6 is 0 Å². The van der Waals surface area contributed by atoms with E-state index in [9.17, 15) is 4.79 Å². The summed E-state index contributed by atoms with van der Waals surface area (Å²) in [6.07, 6.45) is 4.50. The van der Waals surface area contributed by atoms with Crippen molar-refractivity contribution in [2.45, 2.75) is 76.1 Å². The number of likely N-dealkylation sites (tertiary alicyclic amines) is 1. The fraction of sp³-hybridized carbons (Fsp3) is 0.359. The molecule has 234 valence electrons. The van der Waals surface area contributed by atoms with Gasteiger partial charge in [-0.1, -0.05) is 109 Å². The van der Waals surface area contributed by atoms with Gasteiger partial charge in [-0.3, -0.25) is 0 Å². The van der Waals surface area contributed by atoms with Gasteiger partial charge in [-0.05, 0) is 66.3 Å². The van der Waals surface area contributed by atoms with Crippen molar-refractivity contribution in [3.63, 3.8) is 0 Å². The minimum Gasteiger partial charge on any atom is -0.489 e. The Morgan fingerprint density at radius 3 is 1.87 bits per heavy atom. The van der Waals surface area contributed by atoms with Gasteiger partial charge in [0.05, 0.1) is 31.5 Å². The SMILES string of the molecule is O=C(OCc1ccccc1)N1CC[C@@H](OCc2ccccc2)[C@@H]1COC1CCC(c2ccccc2OCc2ccccc2)CC1. The zero-order valence-corrected chi connectivity index (χ0v) is 25.8. The first-order chi connectivity index (χ1) is 22.2. The molecule has 0 bridgehead atoms. The molecule has 4 aromatic rings. The van der Waals surface area contributed by atoms with Crippen molar-refractivity contribution in [2.75, 3.05) is 13.2 Å². The fourth-order valence-corrected chi connectivity index (χ4v) is 6.48. The monoisotopic (exact) mass is 605 g/mol. The Labute approximate surface area is 266 Å². The van der Waals surface area contributed by atoms with Gasteiger partial charge >= 0.3 is 6.09 Å². The van der Waals surface area contributed by atoms with Gasteiger partial charge in [0.1, 0.15) is 19.0 Å². The second kappa shape index (κ2) is 15.7. The summed E-state index contributed by atoms with van der Waals surface area (Å²) in [5, 5.41) is 0. The van der Waals surface area contributed by atoms with E-state index in [1.165, 1.54) is 11.1 Å². The summed E-state index contributed by atoms with van der Waals surface area (Å²) in [5.41, 5.74) is 4.54. The number of hydrogen-bond acceptors (Lipinski definition) is 5. The van der Waals surface area contributed by atoms with E-state index in [0.717, 1.165) is 49.0 Å². The predicted octanol–water partition coefficient (Wildman–Crippen LogP) is 8.30. The van der Waals surface area contributed by atoms with Crippen LogP contribution in [0.25, 0.3) is 0 Å². The molecule has 1 saturated carbocycles. The minimum absolute atomic E-state index is 0.112. The van der Waals surface area contributed by atoms with Gasteiger partial charge in [0, 0.05) is 6.54 Å². The Morgan fingerprint density at radius 2 is 1.20 bits per heavy atom. The number of carbonyl (C=O) groups is 1. The van der Waals surface area contributed by atoms with Crippen LogP contribution in [0.3, 0.4) is 0 Å². The van der Waals surface area contributed by atoms with Crippen LogP contribution in [0.4, 0.5) is 4.79 Å². The number of para-hydroxylation sites is 1. The van der Waals surface area contributed by atoms with E-state index in [1.807, 2.05) is 77.7 Å². The molecule has 1 aliphatic heterocycles. The smallest absolute Gasteiger partial charge is 0.410 e. The van der Waals surface area contributed by atoms with Crippen molar-refractivity contribution >= 4 is 6.09 Å². The maximum Gasteiger partial charge on any atom is 0.410 e. The third-order valence-electron chi connectivity index (χ3n) is 9.00. The molecular formula is C39H43NO5. The Morgan fingerprint density at radius 1 is 0.622 bits per heavy atom.